The van der Waals surface area contributed by atoms with Crippen LogP contribution in [0, 0.1) is 3.57 Å². The lowest BCUT2D eigenvalue weighted by atomic mass is 9.85. The van der Waals surface area contributed by atoms with Gasteiger partial charge in [-0.25, -0.2) is 0 Å². The van der Waals surface area contributed by atoms with Gasteiger partial charge in [0, 0.05) is 18.8 Å². The number of hydrogen-bond donors (Lipinski definition) is 0. The summed E-state index contributed by atoms with van der Waals surface area (Å²) < 4.78 is 4.35. The third kappa shape index (κ3) is 3.71. The molecule has 0 spiro atoms. The van der Waals surface area contributed by atoms with Crippen LogP contribution in [0.3, 0.4) is 0 Å². The summed E-state index contributed by atoms with van der Waals surface area (Å²) in [5.41, 5.74) is 6.25. The van der Waals surface area contributed by atoms with Crippen LogP contribution in [0.5, 0.6) is 0 Å². The van der Waals surface area contributed by atoms with Crippen LogP contribution < -0.4 is 0 Å². The normalized spacial score (nSPS) is 12.8. The Bertz CT molecular complexity index is 1220. The SMILES string of the molecule is CC(C)(C)c1ccc2c(c1)c1cc(C(C)(C)C)ccc1n2-c1c(I)ccc(Br)c1Cl. The minimum atomic E-state index is 0.0894. The Morgan fingerprint density at radius 3 is 1.67 bits per heavy atom. The van der Waals surface area contributed by atoms with Gasteiger partial charge in [-0.3, -0.25) is 0 Å². The van der Waals surface area contributed by atoms with E-state index in [1.165, 1.54) is 32.9 Å². The molecule has 4 heteroatoms. The summed E-state index contributed by atoms with van der Waals surface area (Å²) in [6.07, 6.45) is 0. The van der Waals surface area contributed by atoms with Gasteiger partial charge >= 0.3 is 0 Å². The third-order valence-corrected chi connectivity index (χ3v) is 7.88. The molecule has 0 aliphatic carbocycles. The molecule has 0 amide bonds. The lowest BCUT2D eigenvalue weighted by Gasteiger charge is -2.19. The first-order chi connectivity index (χ1) is 13.9. The number of aromatic nitrogens is 1. The minimum Gasteiger partial charge on any atom is -0.307 e. The Morgan fingerprint density at radius 2 is 1.23 bits per heavy atom. The Balaban J connectivity index is 2.19. The van der Waals surface area contributed by atoms with Crippen LogP contribution in [-0.2, 0) is 10.8 Å². The molecule has 156 valence electrons. The van der Waals surface area contributed by atoms with E-state index in [4.69, 9.17) is 11.6 Å². The molecular formula is C26H26BrClIN. The Kier molecular flexibility index (Phi) is 5.56. The number of fused-ring (bicyclic) bond motifs is 3. The standard InChI is InChI=1S/C26H26BrClIN/c1-25(2,3)15-7-11-21-17(13-15)18-14-16(26(4,5)6)8-12-22(18)30(21)24-20(29)10-9-19(27)23(24)28/h7-14H,1-6H3. The minimum absolute atomic E-state index is 0.0894. The topological polar surface area (TPSA) is 4.93 Å². The predicted octanol–water partition coefficient (Wildman–Crippen LogP) is 9.40. The first kappa shape index (κ1) is 22.2. The maximum Gasteiger partial charge on any atom is 0.0799 e. The number of rotatable bonds is 1. The van der Waals surface area contributed by atoms with Gasteiger partial charge in [-0.15, -0.1) is 0 Å². The summed E-state index contributed by atoms with van der Waals surface area (Å²) in [4.78, 5) is 0. The van der Waals surface area contributed by atoms with Crippen LogP contribution in [0.2, 0.25) is 5.02 Å². The van der Waals surface area contributed by atoms with Gasteiger partial charge in [0.2, 0.25) is 0 Å². The predicted molar refractivity (Wildman–Crippen MR) is 144 cm³/mol. The van der Waals surface area contributed by atoms with Crippen LogP contribution in [0.25, 0.3) is 27.5 Å². The molecule has 4 rings (SSSR count). The second kappa shape index (κ2) is 7.53. The molecular weight excluding hydrogens is 569 g/mol. The largest absolute Gasteiger partial charge is 0.307 e. The van der Waals surface area contributed by atoms with Crippen molar-refractivity contribution in [3.63, 3.8) is 0 Å². The van der Waals surface area contributed by atoms with Gasteiger partial charge in [0.05, 0.1) is 21.7 Å². The molecule has 0 aliphatic rings. The monoisotopic (exact) mass is 593 g/mol. The summed E-state index contributed by atoms with van der Waals surface area (Å²) in [6, 6.07) is 17.8. The molecule has 1 nitrogen and oxygen atoms in total. The first-order valence-corrected chi connectivity index (χ1v) is 12.4. The van der Waals surface area contributed by atoms with E-state index < -0.39 is 0 Å². The quantitative estimate of drug-likeness (QED) is 0.153. The van der Waals surface area contributed by atoms with Crippen molar-refractivity contribution in [3.05, 3.63) is 72.7 Å². The van der Waals surface area contributed by atoms with Crippen molar-refractivity contribution < 1.29 is 0 Å². The van der Waals surface area contributed by atoms with Gasteiger partial charge in [-0.2, -0.15) is 0 Å². The first-order valence-electron chi connectivity index (χ1n) is 10.1. The molecule has 1 aromatic heterocycles. The number of nitrogens with zero attached hydrogens (tertiary/aromatic N) is 1. The van der Waals surface area contributed by atoms with Crippen molar-refractivity contribution in [3.8, 4) is 5.69 Å². The summed E-state index contributed by atoms with van der Waals surface area (Å²) in [7, 11) is 0. The summed E-state index contributed by atoms with van der Waals surface area (Å²) >= 11 is 12.8. The maximum atomic E-state index is 6.83. The molecule has 0 N–H and O–H groups in total. The van der Waals surface area contributed by atoms with Crippen LogP contribution in [0.1, 0.15) is 52.7 Å². The molecule has 3 aromatic carbocycles. The molecule has 4 aromatic rings. The zero-order valence-corrected chi connectivity index (χ0v) is 22.7. The zero-order valence-electron chi connectivity index (χ0n) is 18.2. The number of benzene rings is 3. The van der Waals surface area contributed by atoms with Gasteiger partial charge in [-0.05, 0) is 96.9 Å². The third-order valence-electron chi connectivity index (χ3n) is 5.74. The highest BCUT2D eigenvalue weighted by Gasteiger charge is 2.22. The fourth-order valence-electron chi connectivity index (χ4n) is 3.92. The van der Waals surface area contributed by atoms with Crippen molar-refractivity contribution in [2.45, 2.75) is 52.4 Å². The average molecular weight is 595 g/mol. The van der Waals surface area contributed by atoms with E-state index in [1.54, 1.807) is 0 Å². The zero-order chi connectivity index (χ0) is 22.0. The van der Waals surface area contributed by atoms with Gasteiger partial charge < -0.3 is 4.57 Å². The fourth-order valence-corrected chi connectivity index (χ4v) is 5.34. The van der Waals surface area contributed by atoms with Gasteiger partial charge in [0.15, 0.2) is 0 Å². The molecule has 0 radical (unpaired) electrons. The number of halogens is 3. The lowest BCUT2D eigenvalue weighted by molar-refractivity contribution is 0.590. The second-order valence-electron chi connectivity index (χ2n) is 9.99. The summed E-state index contributed by atoms with van der Waals surface area (Å²) in [6.45, 7) is 13.6. The van der Waals surface area contributed by atoms with Crippen LogP contribution in [0.15, 0.2) is 53.0 Å². The number of hydrogen-bond acceptors (Lipinski definition) is 0. The average Bonchev–Trinajstić information content (AvgIpc) is 2.97. The van der Waals surface area contributed by atoms with E-state index in [2.05, 4.69) is 127 Å². The lowest BCUT2D eigenvalue weighted by Crippen LogP contribution is -2.10. The molecule has 0 saturated heterocycles. The van der Waals surface area contributed by atoms with Crippen LogP contribution >= 0.6 is 50.1 Å². The van der Waals surface area contributed by atoms with Gasteiger partial charge in [0.1, 0.15) is 0 Å². The van der Waals surface area contributed by atoms with Crippen molar-refractivity contribution in [2.75, 3.05) is 0 Å². The van der Waals surface area contributed by atoms with E-state index >= 15 is 0 Å². The Hall–Kier alpha value is -1.04. The maximum absolute atomic E-state index is 6.83. The van der Waals surface area contributed by atoms with E-state index in [9.17, 15) is 0 Å². The molecule has 0 unspecified atom stereocenters. The van der Waals surface area contributed by atoms with Crippen molar-refractivity contribution in [1.29, 1.82) is 0 Å². The molecule has 0 aliphatic heterocycles. The molecule has 0 bridgehead atoms. The van der Waals surface area contributed by atoms with Crippen molar-refractivity contribution in [2.24, 2.45) is 0 Å². The second-order valence-corrected chi connectivity index (χ2v) is 12.4. The smallest absolute Gasteiger partial charge is 0.0799 e. The molecule has 0 atom stereocenters. The van der Waals surface area contributed by atoms with E-state index in [1.807, 2.05) is 6.07 Å². The van der Waals surface area contributed by atoms with E-state index in [0.29, 0.717) is 0 Å². The molecule has 0 saturated carbocycles. The summed E-state index contributed by atoms with van der Waals surface area (Å²) in [5, 5.41) is 3.28. The highest BCUT2D eigenvalue weighted by Crippen LogP contribution is 2.41. The van der Waals surface area contributed by atoms with Crippen molar-refractivity contribution in [1.82, 2.24) is 4.57 Å². The Morgan fingerprint density at radius 1 is 0.767 bits per heavy atom. The molecule has 0 fully saturated rings. The van der Waals surface area contributed by atoms with E-state index in [-0.39, 0.29) is 10.8 Å². The van der Waals surface area contributed by atoms with Gasteiger partial charge in [-0.1, -0.05) is 65.3 Å². The van der Waals surface area contributed by atoms with E-state index in [0.717, 1.165) is 18.8 Å². The fraction of sp³-hybridized carbons (Fsp3) is 0.308. The van der Waals surface area contributed by atoms with Crippen molar-refractivity contribution >= 4 is 71.9 Å². The Labute approximate surface area is 206 Å². The highest BCUT2D eigenvalue weighted by atomic mass is 127. The van der Waals surface area contributed by atoms with Gasteiger partial charge in [0.25, 0.3) is 0 Å². The molecule has 30 heavy (non-hydrogen) atoms. The summed E-state index contributed by atoms with van der Waals surface area (Å²) in [5.74, 6) is 0. The highest BCUT2D eigenvalue weighted by molar-refractivity contribution is 14.1. The molecule has 1 heterocycles. The van der Waals surface area contributed by atoms with Crippen LogP contribution in [0.4, 0.5) is 0 Å². The van der Waals surface area contributed by atoms with Crippen LogP contribution in [-0.4, -0.2) is 4.57 Å².